The van der Waals surface area contributed by atoms with Gasteiger partial charge in [-0.15, -0.1) is 0 Å². The third-order valence-electron chi connectivity index (χ3n) is 2.91. The number of hydrogen-bond donors (Lipinski definition) is 1. The Balaban J connectivity index is 1.92. The number of halogens is 1. The fraction of sp³-hybridized carbons (Fsp3) is 0.154. The van der Waals surface area contributed by atoms with E-state index in [1.165, 1.54) is 11.3 Å². The molecular weight excluding hydrogens is 296 g/mol. The van der Waals surface area contributed by atoms with Crippen LogP contribution >= 0.6 is 22.9 Å². The standard InChI is InChI=1S/C13H11ClN4OS/c1-7-8(14)3-4-10-11(7)15-13(20-10)16-12(19)9-5-6-18(2)17-9/h3-6H,1-2H3,(H,15,16,19). The summed E-state index contributed by atoms with van der Waals surface area (Å²) in [4.78, 5) is 16.4. The predicted octanol–water partition coefficient (Wildman–Crippen LogP) is 3.24. The lowest BCUT2D eigenvalue weighted by Crippen LogP contribution is -2.12. The average Bonchev–Trinajstić information content (AvgIpc) is 3.00. The van der Waals surface area contributed by atoms with Crippen molar-refractivity contribution in [2.24, 2.45) is 7.05 Å². The lowest BCUT2D eigenvalue weighted by Gasteiger charge is -1.97. The molecule has 7 heteroatoms. The number of anilines is 1. The largest absolute Gasteiger partial charge is 0.296 e. The van der Waals surface area contributed by atoms with Crippen LogP contribution < -0.4 is 5.32 Å². The molecule has 0 saturated carbocycles. The fourth-order valence-electron chi connectivity index (χ4n) is 1.85. The number of thiazole rings is 1. The number of aryl methyl sites for hydroxylation is 2. The second kappa shape index (κ2) is 4.88. The SMILES string of the molecule is Cc1c(Cl)ccc2sc(NC(=O)c3ccn(C)n3)nc12. The molecule has 0 aliphatic rings. The predicted molar refractivity (Wildman–Crippen MR) is 80.5 cm³/mol. The quantitative estimate of drug-likeness (QED) is 0.790. The third kappa shape index (κ3) is 2.28. The molecule has 0 atom stereocenters. The first kappa shape index (κ1) is 13.1. The number of carbonyl (C=O) groups excluding carboxylic acids is 1. The Morgan fingerprint density at radius 1 is 1.40 bits per heavy atom. The molecule has 0 aliphatic heterocycles. The molecule has 3 rings (SSSR count). The number of benzene rings is 1. The normalized spacial score (nSPS) is 10.9. The average molecular weight is 307 g/mol. The lowest BCUT2D eigenvalue weighted by molar-refractivity contribution is 0.102. The van der Waals surface area contributed by atoms with E-state index in [9.17, 15) is 4.79 Å². The van der Waals surface area contributed by atoms with Crippen LogP contribution in [0.15, 0.2) is 24.4 Å². The van der Waals surface area contributed by atoms with Crippen LogP contribution in [0.1, 0.15) is 16.1 Å². The molecule has 0 unspecified atom stereocenters. The first-order chi connectivity index (χ1) is 9.54. The van der Waals surface area contributed by atoms with Crippen molar-refractivity contribution in [2.45, 2.75) is 6.92 Å². The number of hydrogen-bond acceptors (Lipinski definition) is 4. The van der Waals surface area contributed by atoms with Crippen LogP contribution in [-0.2, 0) is 7.05 Å². The monoisotopic (exact) mass is 306 g/mol. The molecule has 1 aromatic carbocycles. The number of carbonyl (C=O) groups is 1. The molecule has 2 heterocycles. The first-order valence-electron chi connectivity index (χ1n) is 5.91. The molecule has 1 N–H and O–H groups in total. The van der Waals surface area contributed by atoms with Crippen molar-refractivity contribution in [2.75, 3.05) is 5.32 Å². The van der Waals surface area contributed by atoms with E-state index in [1.807, 2.05) is 19.1 Å². The summed E-state index contributed by atoms with van der Waals surface area (Å²) in [5.74, 6) is -0.270. The van der Waals surface area contributed by atoms with Gasteiger partial charge in [0.15, 0.2) is 10.8 Å². The Morgan fingerprint density at radius 3 is 2.90 bits per heavy atom. The number of aromatic nitrogens is 3. The van der Waals surface area contributed by atoms with E-state index in [2.05, 4.69) is 15.4 Å². The summed E-state index contributed by atoms with van der Waals surface area (Å²) in [6.45, 7) is 1.91. The van der Waals surface area contributed by atoms with Crippen LogP contribution in [0.25, 0.3) is 10.2 Å². The first-order valence-corrected chi connectivity index (χ1v) is 7.10. The Hall–Kier alpha value is -1.92. The van der Waals surface area contributed by atoms with Gasteiger partial charge in [-0.2, -0.15) is 5.10 Å². The summed E-state index contributed by atoms with van der Waals surface area (Å²) >= 11 is 7.48. The maximum Gasteiger partial charge on any atom is 0.277 e. The van der Waals surface area contributed by atoms with E-state index in [4.69, 9.17) is 11.6 Å². The Bertz CT molecular complexity index is 808. The van der Waals surface area contributed by atoms with Crippen molar-refractivity contribution >= 4 is 44.2 Å². The Morgan fingerprint density at radius 2 is 2.20 bits per heavy atom. The van der Waals surface area contributed by atoms with Crippen molar-refractivity contribution < 1.29 is 4.79 Å². The number of nitrogens with one attached hydrogen (secondary N) is 1. The van der Waals surface area contributed by atoms with Gasteiger partial charge in [-0.3, -0.25) is 14.8 Å². The molecular formula is C13H11ClN4OS. The molecule has 0 bridgehead atoms. The molecule has 0 saturated heterocycles. The summed E-state index contributed by atoms with van der Waals surface area (Å²) in [6, 6.07) is 5.39. The van der Waals surface area contributed by atoms with Crippen molar-refractivity contribution in [1.29, 1.82) is 0 Å². The topological polar surface area (TPSA) is 59.8 Å². The zero-order valence-corrected chi connectivity index (χ0v) is 12.4. The molecule has 0 spiro atoms. The van der Waals surface area contributed by atoms with Gasteiger partial charge in [-0.1, -0.05) is 22.9 Å². The maximum absolute atomic E-state index is 12.0. The highest BCUT2D eigenvalue weighted by molar-refractivity contribution is 7.22. The van der Waals surface area contributed by atoms with Gasteiger partial charge in [0.1, 0.15) is 0 Å². The van der Waals surface area contributed by atoms with E-state index in [0.717, 1.165) is 15.8 Å². The second-order valence-corrected chi connectivity index (χ2v) is 5.80. The van der Waals surface area contributed by atoms with Crippen LogP contribution in [-0.4, -0.2) is 20.7 Å². The molecule has 0 fully saturated rings. The molecule has 0 radical (unpaired) electrons. The Kier molecular flexibility index (Phi) is 3.19. The number of amides is 1. The van der Waals surface area contributed by atoms with Gasteiger partial charge in [0.05, 0.1) is 10.2 Å². The Labute approximate surface area is 124 Å². The highest BCUT2D eigenvalue weighted by Crippen LogP contribution is 2.31. The van der Waals surface area contributed by atoms with Crippen LogP contribution in [0.5, 0.6) is 0 Å². The van der Waals surface area contributed by atoms with Crippen molar-refractivity contribution in [3.8, 4) is 0 Å². The molecule has 102 valence electrons. The van der Waals surface area contributed by atoms with Crippen LogP contribution in [0.3, 0.4) is 0 Å². The van der Waals surface area contributed by atoms with Crippen LogP contribution in [0, 0.1) is 6.92 Å². The van der Waals surface area contributed by atoms with Gasteiger partial charge in [-0.25, -0.2) is 4.98 Å². The molecule has 2 aromatic heterocycles. The molecule has 1 amide bonds. The minimum absolute atomic E-state index is 0.270. The summed E-state index contributed by atoms with van der Waals surface area (Å²) < 4.78 is 2.57. The number of rotatable bonds is 2. The van der Waals surface area contributed by atoms with E-state index < -0.39 is 0 Å². The third-order valence-corrected chi connectivity index (χ3v) is 4.26. The highest BCUT2D eigenvalue weighted by Gasteiger charge is 2.13. The zero-order valence-electron chi connectivity index (χ0n) is 10.8. The smallest absolute Gasteiger partial charge is 0.277 e. The van der Waals surface area contributed by atoms with Gasteiger partial charge in [0, 0.05) is 18.3 Å². The number of nitrogens with zero attached hydrogens (tertiary/aromatic N) is 3. The van der Waals surface area contributed by atoms with E-state index in [1.54, 1.807) is 24.0 Å². The van der Waals surface area contributed by atoms with E-state index in [-0.39, 0.29) is 5.91 Å². The van der Waals surface area contributed by atoms with Crippen molar-refractivity contribution in [1.82, 2.24) is 14.8 Å². The van der Waals surface area contributed by atoms with E-state index >= 15 is 0 Å². The van der Waals surface area contributed by atoms with Crippen molar-refractivity contribution in [3.63, 3.8) is 0 Å². The van der Waals surface area contributed by atoms with Crippen LogP contribution in [0.2, 0.25) is 5.02 Å². The minimum Gasteiger partial charge on any atom is -0.296 e. The minimum atomic E-state index is -0.270. The number of fused-ring (bicyclic) bond motifs is 1. The summed E-state index contributed by atoms with van der Waals surface area (Å²) in [7, 11) is 1.76. The summed E-state index contributed by atoms with van der Waals surface area (Å²) in [6.07, 6.45) is 1.72. The lowest BCUT2D eigenvalue weighted by atomic mass is 10.2. The van der Waals surface area contributed by atoms with Gasteiger partial charge in [0.25, 0.3) is 5.91 Å². The molecule has 0 aliphatic carbocycles. The van der Waals surface area contributed by atoms with Crippen molar-refractivity contribution in [3.05, 3.63) is 40.7 Å². The summed E-state index contributed by atoms with van der Waals surface area (Å²) in [5.41, 5.74) is 2.10. The highest BCUT2D eigenvalue weighted by atomic mass is 35.5. The summed E-state index contributed by atoms with van der Waals surface area (Å²) in [5, 5.41) is 8.02. The van der Waals surface area contributed by atoms with Gasteiger partial charge in [-0.05, 0) is 30.7 Å². The molecule has 3 aromatic rings. The molecule has 5 nitrogen and oxygen atoms in total. The molecule has 20 heavy (non-hydrogen) atoms. The fourth-order valence-corrected chi connectivity index (χ4v) is 2.92. The second-order valence-electron chi connectivity index (χ2n) is 4.37. The van der Waals surface area contributed by atoms with E-state index in [0.29, 0.717) is 15.8 Å². The van der Waals surface area contributed by atoms with Crippen LogP contribution in [0.4, 0.5) is 5.13 Å². The maximum atomic E-state index is 12.0. The zero-order chi connectivity index (χ0) is 14.3. The van der Waals surface area contributed by atoms with Gasteiger partial charge in [0.2, 0.25) is 0 Å². The van der Waals surface area contributed by atoms with Gasteiger partial charge >= 0.3 is 0 Å². The van der Waals surface area contributed by atoms with Gasteiger partial charge < -0.3 is 0 Å².